The highest BCUT2D eigenvalue weighted by Crippen LogP contribution is 2.36. The van der Waals surface area contributed by atoms with Gasteiger partial charge in [-0.3, -0.25) is 14.1 Å². The smallest absolute Gasteiger partial charge is 0.462 e. The zero-order valence-electron chi connectivity index (χ0n) is 38.2. The molecular formula is C50H87O9P. The van der Waals surface area contributed by atoms with Gasteiger partial charge >= 0.3 is 19.8 Å². The van der Waals surface area contributed by atoms with E-state index in [4.69, 9.17) is 24.0 Å². The molecule has 1 rings (SSSR count). The van der Waals surface area contributed by atoms with Crippen LogP contribution in [0.2, 0.25) is 0 Å². The van der Waals surface area contributed by atoms with Crippen LogP contribution in [0.5, 0.6) is 0 Å². The summed E-state index contributed by atoms with van der Waals surface area (Å²) in [6.07, 6.45) is 52.8. The zero-order chi connectivity index (χ0) is 43.8. The third-order valence-corrected chi connectivity index (χ3v) is 11.5. The second-order valence-electron chi connectivity index (χ2n) is 16.7. The molecule has 0 amide bonds. The fourth-order valence-corrected chi connectivity index (χ4v) is 7.31. The number of rotatable bonds is 42. The van der Waals surface area contributed by atoms with Gasteiger partial charge in [0, 0.05) is 12.8 Å². The predicted octanol–water partition coefficient (Wildman–Crippen LogP) is 14.1. The first kappa shape index (κ1) is 55.7. The van der Waals surface area contributed by atoms with Crippen molar-refractivity contribution >= 4 is 19.8 Å². The number of esters is 2. The van der Waals surface area contributed by atoms with E-state index in [1.165, 1.54) is 109 Å². The molecule has 0 aromatic heterocycles. The Hall–Kier alpha value is -2.29. The van der Waals surface area contributed by atoms with E-state index in [1.807, 2.05) is 12.2 Å². The Morgan fingerprint density at radius 1 is 0.583 bits per heavy atom. The van der Waals surface area contributed by atoms with Gasteiger partial charge in [0.1, 0.15) is 6.61 Å². The summed E-state index contributed by atoms with van der Waals surface area (Å²) in [7, 11) is -4.78. The summed E-state index contributed by atoms with van der Waals surface area (Å²) in [5, 5.41) is 0. The van der Waals surface area contributed by atoms with Crippen LogP contribution in [0.4, 0.5) is 0 Å². The number of allylic oxidation sites excluding steroid dienone is 8. The molecule has 1 saturated heterocycles. The number of hydrogen-bond acceptors (Lipinski definition) is 7. The molecule has 4 atom stereocenters. The summed E-state index contributed by atoms with van der Waals surface area (Å²) < 4.78 is 32.1. The van der Waals surface area contributed by atoms with Gasteiger partial charge in [-0.1, -0.05) is 204 Å². The topological polar surface area (TPSA) is 132 Å². The largest absolute Gasteiger partial charge is 0.469 e. The van der Waals surface area contributed by atoms with Gasteiger partial charge in [0.2, 0.25) is 0 Å². The lowest BCUT2D eigenvalue weighted by molar-refractivity contribution is -0.161. The van der Waals surface area contributed by atoms with Crippen LogP contribution < -0.4 is 0 Å². The highest BCUT2D eigenvalue weighted by atomic mass is 31.2. The molecule has 346 valence electrons. The number of phosphoric acid groups is 1. The van der Waals surface area contributed by atoms with E-state index in [9.17, 15) is 14.2 Å². The fraction of sp³-hybridized carbons (Fsp3) is 0.760. The number of unbranched alkanes of at least 4 members (excludes halogenated alkanes) is 17. The van der Waals surface area contributed by atoms with Crippen LogP contribution in [-0.4, -0.2) is 53.3 Å². The van der Waals surface area contributed by atoms with Gasteiger partial charge < -0.3 is 24.0 Å². The van der Waals surface area contributed by atoms with Crippen LogP contribution in [0.15, 0.2) is 60.8 Å². The third-order valence-electron chi connectivity index (χ3n) is 11.0. The third kappa shape index (κ3) is 38.6. The van der Waals surface area contributed by atoms with Gasteiger partial charge in [-0.25, -0.2) is 4.57 Å². The Labute approximate surface area is 366 Å². The summed E-state index contributed by atoms with van der Waals surface area (Å²) in [6.45, 7) is 5.92. The van der Waals surface area contributed by atoms with Gasteiger partial charge in [-0.05, 0) is 57.3 Å². The molecule has 0 aliphatic carbocycles. The van der Waals surface area contributed by atoms with Crippen molar-refractivity contribution in [3.05, 3.63) is 60.8 Å². The van der Waals surface area contributed by atoms with Gasteiger partial charge in [0.15, 0.2) is 6.10 Å². The molecule has 0 radical (unpaired) electrons. The van der Waals surface area contributed by atoms with Crippen LogP contribution in [0, 0.1) is 5.92 Å². The van der Waals surface area contributed by atoms with E-state index < -0.39 is 32.5 Å². The van der Waals surface area contributed by atoms with E-state index >= 15 is 0 Å². The first-order chi connectivity index (χ1) is 29.1. The van der Waals surface area contributed by atoms with Crippen molar-refractivity contribution in [3.63, 3.8) is 0 Å². The minimum absolute atomic E-state index is 0.0827. The van der Waals surface area contributed by atoms with Crippen molar-refractivity contribution in [2.24, 2.45) is 5.92 Å². The number of ether oxygens (including phenoxy) is 3. The monoisotopic (exact) mass is 863 g/mol. The van der Waals surface area contributed by atoms with Gasteiger partial charge in [0.05, 0.1) is 18.8 Å². The van der Waals surface area contributed by atoms with Gasteiger partial charge in [-0.15, -0.1) is 0 Å². The van der Waals surface area contributed by atoms with E-state index in [1.54, 1.807) is 0 Å². The second-order valence-corrected chi connectivity index (χ2v) is 17.9. The number of carbonyl (C=O) groups excluding carboxylic acids is 2. The SMILES string of the molecule is CC/C=C\CC1OC1C/C=C\C/C=C\C/C=C\C/C=C\CCC(=O)O[C@H](COC(=O)CCCCCCCCCCCCCCCCCCCCC(C)CC)COP(=O)(O)O. The van der Waals surface area contributed by atoms with Crippen molar-refractivity contribution in [3.8, 4) is 0 Å². The summed E-state index contributed by atoms with van der Waals surface area (Å²) in [4.78, 5) is 43.0. The minimum Gasteiger partial charge on any atom is -0.462 e. The molecule has 1 heterocycles. The second kappa shape index (κ2) is 39.5. The normalized spacial score (nSPS) is 16.9. The molecule has 2 N–H and O–H groups in total. The van der Waals surface area contributed by atoms with Crippen LogP contribution in [-0.2, 0) is 32.9 Å². The first-order valence-electron chi connectivity index (χ1n) is 24.1. The van der Waals surface area contributed by atoms with E-state index in [-0.39, 0.29) is 19.4 Å². The molecule has 60 heavy (non-hydrogen) atoms. The zero-order valence-corrected chi connectivity index (χ0v) is 39.1. The lowest BCUT2D eigenvalue weighted by Gasteiger charge is -2.18. The molecular weight excluding hydrogens is 776 g/mol. The Kier molecular flexibility index (Phi) is 36.7. The molecule has 3 unspecified atom stereocenters. The van der Waals surface area contributed by atoms with E-state index in [0.29, 0.717) is 25.0 Å². The number of epoxide rings is 1. The number of carbonyl (C=O) groups is 2. The van der Waals surface area contributed by atoms with Gasteiger partial charge in [-0.2, -0.15) is 0 Å². The molecule has 1 aliphatic rings. The number of phosphoric ester groups is 1. The standard InChI is InChI=1S/C50H87O9P/c1-4-6-33-39-47-48(59-47)40-35-30-26-22-18-15-16-20-24-28-32-37-42-50(52)58-46(44-57-60(53,54)55)43-56-49(51)41-36-31-27-23-19-14-12-10-8-7-9-11-13-17-21-25-29-34-38-45(3)5-2/h6,16,18,20,22,28,30,32-33,35,45-48H,4-5,7-15,17,19,21,23-27,29,31,34,36-44H2,1-3H3,(H2,53,54,55)/b20-16-,22-18-,32-28-,33-6-,35-30-/t45?,46-,47?,48?/m1/s1. The molecule has 9 nitrogen and oxygen atoms in total. The molecule has 10 heteroatoms. The Bertz CT molecular complexity index is 1240. The molecule has 1 aliphatic heterocycles. The Morgan fingerprint density at radius 2 is 1.03 bits per heavy atom. The summed E-state index contributed by atoms with van der Waals surface area (Å²) in [5.41, 5.74) is 0. The molecule has 0 aromatic rings. The average Bonchev–Trinajstić information content (AvgIpc) is 3.98. The Morgan fingerprint density at radius 3 is 1.52 bits per heavy atom. The molecule has 1 fully saturated rings. The van der Waals surface area contributed by atoms with Crippen molar-refractivity contribution < 1.29 is 42.7 Å². The number of hydrogen-bond donors (Lipinski definition) is 2. The van der Waals surface area contributed by atoms with Crippen LogP contribution >= 0.6 is 7.82 Å². The molecule has 0 saturated carbocycles. The van der Waals surface area contributed by atoms with Crippen molar-refractivity contribution in [1.29, 1.82) is 0 Å². The van der Waals surface area contributed by atoms with Crippen molar-refractivity contribution in [1.82, 2.24) is 0 Å². The average molecular weight is 863 g/mol. The maximum Gasteiger partial charge on any atom is 0.469 e. The van der Waals surface area contributed by atoms with Crippen LogP contribution in [0.1, 0.15) is 207 Å². The maximum atomic E-state index is 12.4. The Balaban J connectivity index is 2.04. The van der Waals surface area contributed by atoms with E-state index in [0.717, 1.165) is 57.3 Å². The van der Waals surface area contributed by atoms with Crippen molar-refractivity contribution in [2.75, 3.05) is 13.2 Å². The maximum absolute atomic E-state index is 12.4. The van der Waals surface area contributed by atoms with Gasteiger partial charge in [0.25, 0.3) is 0 Å². The highest BCUT2D eigenvalue weighted by Gasteiger charge is 2.36. The summed E-state index contributed by atoms with van der Waals surface area (Å²) in [5.74, 6) is -0.0858. The van der Waals surface area contributed by atoms with Crippen LogP contribution in [0.25, 0.3) is 0 Å². The highest BCUT2D eigenvalue weighted by molar-refractivity contribution is 7.46. The summed E-state index contributed by atoms with van der Waals surface area (Å²) in [6, 6.07) is 0. The molecule has 0 spiro atoms. The lowest BCUT2D eigenvalue weighted by Crippen LogP contribution is -2.29. The van der Waals surface area contributed by atoms with Crippen LogP contribution in [0.3, 0.4) is 0 Å². The predicted molar refractivity (Wildman–Crippen MR) is 248 cm³/mol. The summed E-state index contributed by atoms with van der Waals surface area (Å²) >= 11 is 0. The van der Waals surface area contributed by atoms with E-state index in [2.05, 4.69) is 73.9 Å². The molecule has 0 bridgehead atoms. The van der Waals surface area contributed by atoms with Crippen molar-refractivity contribution in [2.45, 2.75) is 225 Å². The molecule has 0 aromatic carbocycles. The lowest BCUT2D eigenvalue weighted by atomic mass is 9.99. The quantitative estimate of drug-likeness (QED) is 0.0202. The fourth-order valence-electron chi connectivity index (χ4n) is 6.95. The first-order valence-corrected chi connectivity index (χ1v) is 25.6. The minimum atomic E-state index is -4.78.